The number of benzene rings is 2. The quantitative estimate of drug-likeness (QED) is 0.506. The Morgan fingerprint density at radius 1 is 0.680 bits per heavy atom. The molecule has 0 fully saturated rings. The van der Waals surface area contributed by atoms with Crippen molar-refractivity contribution in [2.24, 2.45) is 0 Å². The number of nitrogens with one attached hydrogen (secondary N) is 1. The molecule has 4 nitrogen and oxygen atoms in total. The summed E-state index contributed by atoms with van der Waals surface area (Å²) < 4.78 is 0. The Kier molecular flexibility index (Phi) is 3.07. The van der Waals surface area contributed by atoms with Crippen molar-refractivity contribution in [3.8, 4) is 22.8 Å². The smallest absolute Gasteiger partial charge is 0.139 e. The summed E-state index contributed by atoms with van der Waals surface area (Å²) in [5.41, 5.74) is 5.64. The molecule has 5 rings (SSSR count). The van der Waals surface area contributed by atoms with E-state index in [1.807, 2.05) is 60.7 Å². The van der Waals surface area contributed by atoms with Crippen LogP contribution in [0.2, 0.25) is 0 Å². The number of aromatic amines is 1. The maximum atomic E-state index is 4.78. The second kappa shape index (κ2) is 5.53. The predicted molar refractivity (Wildman–Crippen MR) is 100 cm³/mol. The Morgan fingerprint density at radius 3 is 2.32 bits per heavy atom. The third-order valence-electron chi connectivity index (χ3n) is 4.29. The van der Waals surface area contributed by atoms with Crippen LogP contribution in [0, 0.1) is 0 Å². The fraction of sp³-hybridized carbons (Fsp3) is 0. The first-order valence-electron chi connectivity index (χ1n) is 8.15. The first-order chi connectivity index (χ1) is 12.4. The van der Waals surface area contributed by atoms with Crippen molar-refractivity contribution >= 4 is 21.9 Å². The van der Waals surface area contributed by atoms with E-state index < -0.39 is 0 Å². The highest BCUT2D eigenvalue weighted by molar-refractivity contribution is 5.96. The maximum Gasteiger partial charge on any atom is 0.139 e. The normalized spacial score (nSPS) is 11.2. The molecule has 3 aromatic heterocycles. The summed E-state index contributed by atoms with van der Waals surface area (Å²) in [7, 11) is 0. The van der Waals surface area contributed by atoms with Crippen molar-refractivity contribution in [1.82, 2.24) is 19.9 Å². The highest BCUT2D eigenvalue weighted by Crippen LogP contribution is 2.31. The lowest BCUT2D eigenvalue weighted by Gasteiger charge is -2.07. The number of rotatable bonds is 2. The van der Waals surface area contributed by atoms with Crippen molar-refractivity contribution in [1.29, 1.82) is 0 Å². The Hall–Kier alpha value is -3.53. The van der Waals surface area contributed by atoms with Crippen LogP contribution in [0.1, 0.15) is 0 Å². The van der Waals surface area contributed by atoms with Crippen LogP contribution in [-0.4, -0.2) is 19.9 Å². The number of H-pyrrole nitrogens is 1. The minimum atomic E-state index is 0.842. The molecular weight excluding hydrogens is 308 g/mol. The van der Waals surface area contributed by atoms with E-state index in [-0.39, 0.29) is 0 Å². The highest BCUT2D eigenvalue weighted by Gasteiger charge is 2.13. The van der Waals surface area contributed by atoms with Gasteiger partial charge >= 0.3 is 0 Å². The van der Waals surface area contributed by atoms with Crippen LogP contribution in [0.25, 0.3) is 44.7 Å². The van der Waals surface area contributed by atoms with Gasteiger partial charge in [0, 0.05) is 17.1 Å². The first-order valence-corrected chi connectivity index (χ1v) is 8.15. The van der Waals surface area contributed by atoms with Gasteiger partial charge in [-0.2, -0.15) is 0 Å². The van der Waals surface area contributed by atoms with Gasteiger partial charge in [-0.25, -0.2) is 9.97 Å². The zero-order chi connectivity index (χ0) is 16.6. The van der Waals surface area contributed by atoms with Crippen LogP contribution in [-0.2, 0) is 0 Å². The molecule has 0 saturated carbocycles. The van der Waals surface area contributed by atoms with E-state index in [2.05, 4.69) is 22.1 Å². The van der Waals surface area contributed by atoms with Gasteiger partial charge < -0.3 is 4.98 Å². The molecule has 0 radical (unpaired) electrons. The minimum absolute atomic E-state index is 0.842. The fourth-order valence-corrected chi connectivity index (χ4v) is 3.10. The molecule has 0 atom stereocenters. The van der Waals surface area contributed by atoms with E-state index in [1.165, 1.54) is 0 Å². The molecule has 118 valence electrons. The van der Waals surface area contributed by atoms with Crippen LogP contribution in [0.3, 0.4) is 0 Å². The second-order valence-corrected chi connectivity index (χ2v) is 5.89. The van der Waals surface area contributed by atoms with Crippen molar-refractivity contribution in [2.75, 3.05) is 0 Å². The lowest BCUT2D eigenvalue weighted by atomic mass is 10.1. The van der Waals surface area contributed by atoms with Gasteiger partial charge in [-0.1, -0.05) is 36.4 Å². The largest absolute Gasteiger partial charge is 0.338 e. The van der Waals surface area contributed by atoms with Gasteiger partial charge in [0.05, 0.1) is 27.9 Å². The van der Waals surface area contributed by atoms with Crippen molar-refractivity contribution in [3.63, 3.8) is 0 Å². The lowest BCUT2D eigenvalue weighted by Crippen LogP contribution is -1.92. The minimum Gasteiger partial charge on any atom is -0.338 e. The highest BCUT2D eigenvalue weighted by atomic mass is 14.9. The van der Waals surface area contributed by atoms with Gasteiger partial charge in [-0.3, -0.25) is 4.98 Å². The lowest BCUT2D eigenvalue weighted by molar-refractivity contribution is 1.27. The number of fused-ring (bicyclic) bond motifs is 2. The molecule has 0 unspecified atom stereocenters. The van der Waals surface area contributed by atoms with E-state index in [4.69, 9.17) is 9.97 Å². The molecule has 1 N–H and O–H groups in total. The SMILES string of the molecule is c1ccc(-c2cc(-c3nc4ccccc4[nH]3)c3ccccc3n2)nc1. The van der Waals surface area contributed by atoms with Gasteiger partial charge in [0.2, 0.25) is 0 Å². The van der Waals surface area contributed by atoms with Gasteiger partial charge in [0.15, 0.2) is 0 Å². The zero-order valence-corrected chi connectivity index (χ0v) is 13.3. The number of para-hydroxylation sites is 3. The molecule has 4 heteroatoms. The summed E-state index contributed by atoms with van der Waals surface area (Å²) in [5.74, 6) is 0.844. The Bertz CT molecular complexity index is 1160. The van der Waals surface area contributed by atoms with E-state index in [9.17, 15) is 0 Å². The van der Waals surface area contributed by atoms with Crippen molar-refractivity contribution < 1.29 is 0 Å². The maximum absolute atomic E-state index is 4.78. The molecule has 2 aromatic carbocycles. The fourth-order valence-electron chi connectivity index (χ4n) is 3.10. The van der Waals surface area contributed by atoms with Crippen molar-refractivity contribution in [2.45, 2.75) is 0 Å². The molecule has 5 aromatic rings. The Morgan fingerprint density at radius 2 is 1.48 bits per heavy atom. The molecule has 25 heavy (non-hydrogen) atoms. The summed E-state index contributed by atoms with van der Waals surface area (Å²) in [5, 5.41) is 1.07. The number of pyridine rings is 2. The number of imidazole rings is 1. The standard InChI is InChI=1S/C21H14N4/c1-2-8-16-14(7-1)15(13-20(23-16)17-9-5-6-12-22-17)21-24-18-10-3-4-11-19(18)25-21/h1-13H,(H,24,25). The van der Waals surface area contributed by atoms with E-state index >= 15 is 0 Å². The molecule has 3 heterocycles. The Balaban J connectivity index is 1.81. The van der Waals surface area contributed by atoms with Crippen LogP contribution >= 0.6 is 0 Å². The number of hydrogen-bond donors (Lipinski definition) is 1. The van der Waals surface area contributed by atoms with Crippen LogP contribution in [0.15, 0.2) is 79.0 Å². The van der Waals surface area contributed by atoms with Gasteiger partial charge in [0.1, 0.15) is 5.82 Å². The molecule has 0 aliphatic rings. The molecule has 0 saturated heterocycles. The summed E-state index contributed by atoms with van der Waals surface area (Å²) in [6, 6.07) is 24.1. The van der Waals surface area contributed by atoms with Crippen molar-refractivity contribution in [3.05, 3.63) is 79.0 Å². The average molecular weight is 322 g/mol. The monoisotopic (exact) mass is 322 g/mol. The number of nitrogens with zero attached hydrogens (tertiary/aromatic N) is 3. The second-order valence-electron chi connectivity index (χ2n) is 5.89. The molecule has 0 aliphatic heterocycles. The number of hydrogen-bond acceptors (Lipinski definition) is 3. The summed E-state index contributed by atoms with van der Waals surface area (Å²) in [4.78, 5) is 17.4. The topological polar surface area (TPSA) is 54.5 Å². The van der Waals surface area contributed by atoms with E-state index in [0.717, 1.165) is 44.7 Å². The number of aromatic nitrogens is 4. The Labute approximate surface area is 144 Å². The van der Waals surface area contributed by atoms with Crippen LogP contribution in [0.4, 0.5) is 0 Å². The molecule has 0 aliphatic carbocycles. The summed E-state index contributed by atoms with van der Waals surface area (Å²) in [6.45, 7) is 0. The van der Waals surface area contributed by atoms with E-state index in [1.54, 1.807) is 6.20 Å². The molecule has 0 spiro atoms. The van der Waals surface area contributed by atoms with Gasteiger partial charge in [-0.15, -0.1) is 0 Å². The summed E-state index contributed by atoms with van der Waals surface area (Å²) >= 11 is 0. The van der Waals surface area contributed by atoms with E-state index in [0.29, 0.717) is 0 Å². The summed E-state index contributed by atoms with van der Waals surface area (Å²) in [6.07, 6.45) is 1.78. The third-order valence-corrected chi connectivity index (χ3v) is 4.29. The third kappa shape index (κ3) is 2.35. The molecule has 0 amide bonds. The predicted octanol–water partition coefficient (Wildman–Crippen LogP) is 4.84. The van der Waals surface area contributed by atoms with Gasteiger partial charge in [-0.05, 0) is 36.4 Å². The zero-order valence-electron chi connectivity index (χ0n) is 13.3. The molecular formula is C21H14N4. The average Bonchev–Trinajstić information content (AvgIpc) is 3.12. The van der Waals surface area contributed by atoms with Crippen LogP contribution < -0.4 is 0 Å². The van der Waals surface area contributed by atoms with Crippen LogP contribution in [0.5, 0.6) is 0 Å². The first kappa shape index (κ1) is 13.9. The molecule has 0 bridgehead atoms. The van der Waals surface area contributed by atoms with Gasteiger partial charge in [0.25, 0.3) is 0 Å².